The molecule has 0 aliphatic heterocycles. The van der Waals surface area contributed by atoms with E-state index in [2.05, 4.69) is 4.74 Å². The predicted octanol–water partition coefficient (Wildman–Crippen LogP) is 5.94. The van der Waals surface area contributed by atoms with Crippen molar-refractivity contribution in [2.75, 3.05) is 7.11 Å². The van der Waals surface area contributed by atoms with Crippen LogP contribution in [0.2, 0.25) is 5.02 Å². The highest BCUT2D eigenvalue weighted by atomic mass is 35.5. The minimum absolute atomic E-state index is 0.164. The lowest BCUT2D eigenvalue weighted by molar-refractivity contribution is -0.140. The van der Waals surface area contributed by atoms with Crippen molar-refractivity contribution >= 4 is 17.6 Å². The first kappa shape index (κ1) is 19.2. The van der Waals surface area contributed by atoms with Gasteiger partial charge in [-0.05, 0) is 37.1 Å². The van der Waals surface area contributed by atoms with E-state index in [9.17, 15) is 4.79 Å². The number of ether oxygens (including phenoxy) is 1. The maximum absolute atomic E-state index is 11.2. The molecule has 0 aliphatic rings. The van der Waals surface area contributed by atoms with Crippen molar-refractivity contribution in [2.45, 2.75) is 32.1 Å². The Kier molecular flexibility index (Phi) is 6.66. The molecule has 0 fully saturated rings. The van der Waals surface area contributed by atoms with Crippen molar-refractivity contribution in [1.82, 2.24) is 4.98 Å². The Morgan fingerprint density at radius 2 is 1.74 bits per heavy atom. The molecule has 0 bridgehead atoms. The maximum Gasteiger partial charge on any atom is 0.305 e. The fraction of sp³-hybridized carbons (Fsp3) is 0.273. The van der Waals surface area contributed by atoms with Crippen LogP contribution in [0.25, 0.3) is 22.7 Å². The van der Waals surface area contributed by atoms with Gasteiger partial charge in [0.2, 0.25) is 5.89 Å². The van der Waals surface area contributed by atoms with Gasteiger partial charge in [0.05, 0.1) is 7.11 Å². The third kappa shape index (κ3) is 5.20. The number of hydrogen-bond donors (Lipinski definition) is 0. The Hall–Kier alpha value is -2.59. The number of oxazole rings is 1. The molecule has 4 nitrogen and oxygen atoms in total. The second-order valence-electron chi connectivity index (χ2n) is 6.30. The topological polar surface area (TPSA) is 52.3 Å². The van der Waals surface area contributed by atoms with Gasteiger partial charge in [-0.2, -0.15) is 0 Å². The van der Waals surface area contributed by atoms with Gasteiger partial charge in [0.1, 0.15) is 11.5 Å². The molecule has 0 amide bonds. The van der Waals surface area contributed by atoms with E-state index in [0.29, 0.717) is 17.3 Å². The Balaban J connectivity index is 1.77. The molecule has 2 aromatic carbocycles. The van der Waals surface area contributed by atoms with Gasteiger partial charge < -0.3 is 9.15 Å². The number of benzene rings is 2. The predicted molar refractivity (Wildman–Crippen MR) is 107 cm³/mol. The first-order valence-electron chi connectivity index (χ1n) is 9.05. The van der Waals surface area contributed by atoms with Crippen LogP contribution in [0.5, 0.6) is 0 Å². The molecular formula is C22H22ClNO3. The molecule has 140 valence electrons. The summed E-state index contributed by atoms with van der Waals surface area (Å²) < 4.78 is 10.8. The minimum atomic E-state index is -0.164. The largest absolute Gasteiger partial charge is 0.469 e. The minimum Gasteiger partial charge on any atom is -0.469 e. The normalized spacial score (nSPS) is 10.7. The van der Waals surface area contributed by atoms with Crippen LogP contribution in [0.4, 0.5) is 0 Å². The average molecular weight is 384 g/mol. The van der Waals surface area contributed by atoms with Crippen LogP contribution in [0.15, 0.2) is 59.0 Å². The SMILES string of the molecule is COC(=O)CCCCCc1oc(-c2ccccc2)nc1-c1ccc(Cl)cc1. The summed E-state index contributed by atoms with van der Waals surface area (Å²) in [6.45, 7) is 0. The summed E-state index contributed by atoms with van der Waals surface area (Å²) in [6.07, 6.45) is 3.87. The van der Waals surface area contributed by atoms with E-state index >= 15 is 0 Å². The lowest BCUT2D eigenvalue weighted by atomic mass is 10.1. The van der Waals surface area contributed by atoms with Gasteiger partial charge in [-0.25, -0.2) is 4.98 Å². The lowest BCUT2D eigenvalue weighted by Crippen LogP contribution is -1.99. The van der Waals surface area contributed by atoms with Crippen molar-refractivity contribution in [3.05, 3.63) is 65.4 Å². The number of nitrogens with zero attached hydrogens (tertiary/aromatic N) is 1. The molecular weight excluding hydrogens is 362 g/mol. The van der Waals surface area contributed by atoms with Crippen molar-refractivity contribution < 1.29 is 13.9 Å². The fourth-order valence-corrected chi connectivity index (χ4v) is 3.02. The van der Waals surface area contributed by atoms with Crippen LogP contribution < -0.4 is 0 Å². The van der Waals surface area contributed by atoms with Crippen LogP contribution in [-0.2, 0) is 16.0 Å². The summed E-state index contributed by atoms with van der Waals surface area (Å²) in [5.41, 5.74) is 2.78. The molecule has 0 unspecified atom stereocenters. The number of esters is 1. The van der Waals surface area contributed by atoms with E-state index in [1.807, 2.05) is 54.6 Å². The van der Waals surface area contributed by atoms with Crippen LogP contribution in [0.3, 0.4) is 0 Å². The molecule has 0 saturated carbocycles. The number of halogens is 1. The highest BCUT2D eigenvalue weighted by Crippen LogP contribution is 2.31. The van der Waals surface area contributed by atoms with Gasteiger partial charge in [0.15, 0.2) is 0 Å². The molecule has 0 aliphatic carbocycles. The van der Waals surface area contributed by atoms with Gasteiger partial charge in [0, 0.05) is 29.0 Å². The van der Waals surface area contributed by atoms with Crippen molar-refractivity contribution in [3.63, 3.8) is 0 Å². The number of rotatable bonds is 8. The van der Waals surface area contributed by atoms with Gasteiger partial charge >= 0.3 is 5.97 Å². The van der Waals surface area contributed by atoms with Crippen LogP contribution in [0.1, 0.15) is 31.4 Å². The number of aryl methyl sites for hydroxylation is 1. The molecule has 5 heteroatoms. The van der Waals surface area contributed by atoms with E-state index < -0.39 is 0 Å². The Morgan fingerprint density at radius 1 is 1.00 bits per heavy atom. The smallest absolute Gasteiger partial charge is 0.305 e. The van der Waals surface area contributed by atoms with Gasteiger partial charge in [-0.3, -0.25) is 4.79 Å². The molecule has 3 rings (SSSR count). The quantitative estimate of drug-likeness (QED) is 0.357. The third-order valence-corrected chi connectivity index (χ3v) is 4.60. The fourth-order valence-electron chi connectivity index (χ4n) is 2.89. The summed E-state index contributed by atoms with van der Waals surface area (Å²) in [7, 11) is 1.42. The highest BCUT2D eigenvalue weighted by molar-refractivity contribution is 6.30. The maximum atomic E-state index is 11.2. The van der Waals surface area contributed by atoms with Crippen LogP contribution >= 0.6 is 11.6 Å². The van der Waals surface area contributed by atoms with E-state index in [0.717, 1.165) is 48.3 Å². The summed E-state index contributed by atoms with van der Waals surface area (Å²) >= 11 is 6.01. The zero-order valence-electron chi connectivity index (χ0n) is 15.3. The third-order valence-electron chi connectivity index (χ3n) is 4.35. The summed E-state index contributed by atoms with van der Waals surface area (Å²) in [6, 6.07) is 17.5. The number of carbonyl (C=O) groups excluding carboxylic acids is 1. The molecule has 0 N–H and O–H groups in total. The number of aromatic nitrogens is 1. The molecule has 1 heterocycles. The number of methoxy groups -OCH3 is 1. The molecule has 3 aromatic rings. The first-order chi connectivity index (χ1) is 13.2. The summed E-state index contributed by atoms with van der Waals surface area (Å²) in [5.74, 6) is 1.31. The molecule has 0 spiro atoms. The van der Waals surface area contributed by atoms with Crippen LogP contribution in [-0.4, -0.2) is 18.1 Å². The Morgan fingerprint density at radius 3 is 2.44 bits per heavy atom. The summed E-state index contributed by atoms with van der Waals surface area (Å²) in [4.78, 5) is 15.9. The Bertz CT molecular complexity index is 872. The van der Waals surface area contributed by atoms with Gasteiger partial charge in [0.25, 0.3) is 0 Å². The van der Waals surface area contributed by atoms with Crippen molar-refractivity contribution in [2.24, 2.45) is 0 Å². The van der Waals surface area contributed by atoms with Gasteiger partial charge in [-0.15, -0.1) is 0 Å². The lowest BCUT2D eigenvalue weighted by Gasteiger charge is -2.02. The van der Waals surface area contributed by atoms with Crippen molar-refractivity contribution in [1.29, 1.82) is 0 Å². The monoisotopic (exact) mass is 383 g/mol. The summed E-state index contributed by atoms with van der Waals surface area (Å²) in [5, 5.41) is 0.690. The molecule has 27 heavy (non-hydrogen) atoms. The van der Waals surface area contributed by atoms with E-state index in [1.54, 1.807) is 0 Å². The second kappa shape index (κ2) is 9.38. The van der Waals surface area contributed by atoms with Crippen LogP contribution in [0, 0.1) is 0 Å². The number of carbonyl (C=O) groups is 1. The molecule has 0 saturated heterocycles. The first-order valence-corrected chi connectivity index (χ1v) is 9.43. The molecule has 0 radical (unpaired) electrons. The average Bonchev–Trinajstić information content (AvgIpc) is 3.13. The number of unbranched alkanes of at least 4 members (excludes halogenated alkanes) is 2. The van der Waals surface area contributed by atoms with E-state index in [1.165, 1.54) is 7.11 Å². The van der Waals surface area contributed by atoms with E-state index in [4.69, 9.17) is 21.0 Å². The zero-order valence-corrected chi connectivity index (χ0v) is 16.0. The van der Waals surface area contributed by atoms with Crippen molar-refractivity contribution in [3.8, 4) is 22.7 Å². The Labute approximate surface area is 164 Å². The molecule has 1 aromatic heterocycles. The highest BCUT2D eigenvalue weighted by Gasteiger charge is 2.16. The van der Waals surface area contributed by atoms with E-state index in [-0.39, 0.29) is 5.97 Å². The molecule has 0 atom stereocenters. The second-order valence-corrected chi connectivity index (χ2v) is 6.74. The van der Waals surface area contributed by atoms with Gasteiger partial charge in [-0.1, -0.05) is 48.4 Å². The zero-order chi connectivity index (χ0) is 19.1. The standard InChI is InChI=1S/C22H22ClNO3/c1-26-20(25)11-7-3-6-10-19-21(16-12-14-18(23)15-13-16)24-22(27-19)17-8-4-2-5-9-17/h2,4-5,8-9,12-15H,3,6-7,10-11H2,1H3. The number of hydrogen-bond acceptors (Lipinski definition) is 4.